The molecule has 4 heterocycles. The van der Waals surface area contributed by atoms with Crippen LogP contribution >= 0.6 is 15.6 Å². The van der Waals surface area contributed by atoms with Crippen molar-refractivity contribution in [3.05, 3.63) is 18.7 Å². The van der Waals surface area contributed by atoms with E-state index in [-0.39, 0.29) is 23.2 Å². The molecule has 22 heteroatoms. The minimum atomic E-state index is -4.89. The van der Waals surface area contributed by atoms with Crippen LogP contribution in [0.2, 0.25) is 0 Å². The summed E-state index contributed by atoms with van der Waals surface area (Å²) < 4.78 is 23.4. The van der Waals surface area contributed by atoms with Gasteiger partial charge in [-0.05, 0) is 0 Å². The fraction of sp³-hybridized carbons (Fsp3) is 0.417. The molecule has 1 aromatic rings. The molecule has 1 aromatic heterocycles. The predicted octanol–water partition coefficient (Wildman–Crippen LogP) is -3.77. The van der Waals surface area contributed by atoms with Crippen LogP contribution in [0.5, 0.6) is 0 Å². The minimum Gasteiger partial charge on any atom is -0.756 e. The Labute approximate surface area is 191 Å². The van der Waals surface area contributed by atoms with Gasteiger partial charge in [0.15, 0.2) is 17.2 Å². The molecule has 0 radical (unpaired) electrons. The van der Waals surface area contributed by atoms with E-state index in [0.29, 0.717) is 17.3 Å². The van der Waals surface area contributed by atoms with Crippen molar-refractivity contribution in [2.75, 3.05) is 5.32 Å². The first kappa shape index (κ1) is 32.2. The first-order valence-electron chi connectivity index (χ1n) is 8.32. The molecule has 3 aliphatic heterocycles. The summed E-state index contributed by atoms with van der Waals surface area (Å²) in [7, 11) is -9.53. The normalized spacial score (nSPS) is 29.1. The molecule has 196 valence electrons. The van der Waals surface area contributed by atoms with Gasteiger partial charge in [-0.1, -0.05) is 0 Å². The van der Waals surface area contributed by atoms with E-state index in [1.807, 2.05) is 0 Å². The zero-order valence-corrected chi connectivity index (χ0v) is 19.1. The van der Waals surface area contributed by atoms with Gasteiger partial charge in [0.1, 0.15) is 24.9 Å². The molecule has 0 aliphatic carbocycles. The molecule has 5 atom stereocenters. The third kappa shape index (κ3) is 8.15. The Morgan fingerprint density at radius 2 is 1.76 bits per heavy atom. The minimum absolute atomic E-state index is 0. The van der Waals surface area contributed by atoms with E-state index in [1.165, 1.54) is 6.33 Å². The van der Waals surface area contributed by atoms with E-state index in [9.17, 15) is 10.2 Å². The molecule has 3 aliphatic rings. The SMILES string of the molecule is N.N.NC(O)[C@H]1O[C@@H]([N+]23C=CNc4ncnc2c4N=C3)C[C@]1(N)O.O=P(O)(O)O.O=P([O-])(O)O. The first-order chi connectivity index (χ1) is 14.4. The molecule has 2 unspecified atom stereocenters. The van der Waals surface area contributed by atoms with Crippen molar-refractivity contribution in [2.45, 2.75) is 30.7 Å². The Hall–Kier alpha value is -1.81. The highest BCUT2D eigenvalue weighted by Crippen LogP contribution is 2.47. The summed E-state index contributed by atoms with van der Waals surface area (Å²) in [5.74, 6) is 1.20. The second-order valence-corrected chi connectivity index (χ2v) is 8.64. The molecule has 0 saturated carbocycles. The average molecular weight is 535 g/mol. The maximum atomic E-state index is 10.3. The van der Waals surface area contributed by atoms with Crippen molar-refractivity contribution in [1.29, 1.82) is 0 Å². The van der Waals surface area contributed by atoms with E-state index < -0.39 is 39.9 Å². The molecule has 0 aromatic carbocycles. The lowest BCUT2D eigenvalue weighted by atomic mass is 10.0. The fourth-order valence-corrected chi connectivity index (χ4v) is 3.10. The van der Waals surface area contributed by atoms with Crippen LogP contribution in [0.15, 0.2) is 23.7 Å². The van der Waals surface area contributed by atoms with E-state index in [2.05, 4.69) is 20.3 Å². The summed E-state index contributed by atoms with van der Waals surface area (Å²) in [5, 5.41) is 22.9. The monoisotopic (exact) mass is 535 g/mol. The third-order valence-corrected chi connectivity index (χ3v) is 4.17. The van der Waals surface area contributed by atoms with Gasteiger partial charge < -0.3 is 73.4 Å². The number of quaternary nitrogens is 1. The maximum Gasteiger partial charge on any atom is 0.466 e. The third-order valence-electron chi connectivity index (χ3n) is 4.17. The summed E-state index contributed by atoms with van der Waals surface area (Å²) in [6.45, 7) is 0. The van der Waals surface area contributed by atoms with Crippen molar-refractivity contribution >= 4 is 39.3 Å². The van der Waals surface area contributed by atoms with Crippen LogP contribution in [-0.2, 0) is 13.9 Å². The zero-order valence-electron chi connectivity index (χ0n) is 17.3. The largest absolute Gasteiger partial charge is 0.756 e. The van der Waals surface area contributed by atoms with Crippen LogP contribution in [0.3, 0.4) is 0 Å². The predicted molar refractivity (Wildman–Crippen MR) is 114 cm³/mol. The molecule has 20 nitrogen and oxygen atoms in total. The van der Waals surface area contributed by atoms with E-state index in [1.54, 1.807) is 18.7 Å². The molecule has 1 saturated heterocycles. The smallest absolute Gasteiger partial charge is 0.466 e. The molecule has 0 amide bonds. The standard InChI is InChI=1S/C12H16N7O3.2H3N.2H3O4P/c13-9(20)8-12(14,21)3-6(22-8)19-2-1-15-10-7(18-5-19)11(19)17-4-16-10;;;2*1-5(2,3)4/h1-2,4-6,8-9,20-21H,3,13-14H2,(H,15,16,17);2*1H3;2*(H3,1,2,3,4)/q+1;;;;/p-1/t6-,8-,9?,12+,19?;;;;/m1..../s1. The van der Waals surface area contributed by atoms with Crippen molar-refractivity contribution in [3.63, 3.8) is 0 Å². The Kier molecular flexibility index (Phi) is 10.7. The van der Waals surface area contributed by atoms with Gasteiger partial charge in [0, 0.05) is 0 Å². The second kappa shape index (κ2) is 11.3. The number of ether oxygens (including phenoxy) is 1. The first-order valence-corrected chi connectivity index (χ1v) is 11.4. The molecule has 34 heavy (non-hydrogen) atoms. The summed E-state index contributed by atoms with van der Waals surface area (Å²) in [5.41, 5.74) is 10.1. The fourth-order valence-electron chi connectivity index (χ4n) is 3.10. The van der Waals surface area contributed by atoms with Gasteiger partial charge in [0.05, 0.1) is 12.6 Å². The lowest BCUT2D eigenvalue weighted by molar-refractivity contribution is -0.214. The van der Waals surface area contributed by atoms with Crippen LogP contribution in [-0.4, -0.2) is 75.3 Å². The van der Waals surface area contributed by atoms with Crippen LogP contribution in [0.4, 0.5) is 17.3 Å². The number of nitrogens with one attached hydrogen (secondary N) is 1. The van der Waals surface area contributed by atoms with Gasteiger partial charge in [-0.2, -0.15) is 14.5 Å². The van der Waals surface area contributed by atoms with Gasteiger partial charge in [-0.3, -0.25) is 4.57 Å². The van der Waals surface area contributed by atoms with Gasteiger partial charge in [-0.15, -0.1) is 0 Å². The summed E-state index contributed by atoms with van der Waals surface area (Å²) >= 11 is 0. The molecular weight excluding hydrogens is 508 g/mol. The van der Waals surface area contributed by atoms with E-state index >= 15 is 0 Å². The number of nitrogens with two attached hydrogens (primary N) is 2. The summed E-state index contributed by atoms with van der Waals surface area (Å²) in [6.07, 6.45) is 3.49. The van der Waals surface area contributed by atoms with Crippen LogP contribution in [0.1, 0.15) is 6.42 Å². The van der Waals surface area contributed by atoms with E-state index in [0.717, 1.165) is 0 Å². The van der Waals surface area contributed by atoms with Gasteiger partial charge in [-0.25, -0.2) is 9.55 Å². The van der Waals surface area contributed by atoms with Crippen LogP contribution in [0, 0.1) is 0 Å². The number of rotatable bonds is 2. The van der Waals surface area contributed by atoms with Gasteiger partial charge in [0.25, 0.3) is 13.6 Å². The lowest BCUT2D eigenvalue weighted by Gasteiger charge is -2.30. The van der Waals surface area contributed by atoms with Crippen molar-refractivity contribution in [1.82, 2.24) is 26.8 Å². The average Bonchev–Trinajstić information content (AvgIpc) is 3.07. The van der Waals surface area contributed by atoms with Crippen molar-refractivity contribution in [3.8, 4) is 0 Å². The Balaban J connectivity index is 0.000000779. The number of anilines is 1. The highest BCUT2D eigenvalue weighted by molar-refractivity contribution is 7.45. The van der Waals surface area contributed by atoms with Gasteiger partial charge in [0.2, 0.25) is 12.6 Å². The number of aliphatic hydroxyl groups excluding tert-OH is 1. The molecular formula is C12H27N9O11P2. The van der Waals surface area contributed by atoms with Crippen molar-refractivity contribution in [2.24, 2.45) is 16.5 Å². The zero-order chi connectivity index (χ0) is 24.5. The highest BCUT2D eigenvalue weighted by Gasteiger charge is 2.58. The van der Waals surface area contributed by atoms with Crippen LogP contribution < -0.4 is 38.5 Å². The number of aliphatic imine (C=N–C) groups is 1. The summed E-state index contributed by atoms with van der Waals surface area (Å²) in [6, 6.07) is 0. The van der Waals surface area contributed by atoms with Gasteiger partial charge >= 0.3 is 7.82 Å². The molecule has 0 spiro atoms. The quantitative estimate of drug-likeness (QED) is 0.0981. The number of hydrogen-bond acceptors (Lipinski definition) is 14. The molecule has 1 fully saturated rings. The molecule has 18 N–H and O–H groups in total. The molecule has 4 rings (SSSR count). The van der Waals surface area contributed by atoms with Crippen molar-refractivity contribution < 1.29 is 53.4 Å². The topological polar surface area (TPSA) is 380 Å². The lowest BCUT2D eigenvalue weighted by Crippen LogP contribution is -2.55. The van der Waals surface area contributed by atoms with E-state index in [4.69, 9.17) is 54.7 Å². The Morgan fingerprint density at radius 1 is 1.24 bits per heavy atom. The Morgan fingerprint density at radius 3 is 2.24 bits per heavy atom. The number of nitrogens with zero attached hydrogens (tertiary/aromatic N) is 4. The number of hydrogen-bond donors (Lipinski definition) is 12. The summed E-state index contributed by atoms with van der Waals surface area (Å²) in [4.78, 5) is 57.3. The number of aromatic nitrogens is 2. The Bertz CT molecular complexity index is 961. The second-order valence-electron chi connectivity index (χ2n) is 6.63. The molecule has 4 bridgehead atoms. The number of aliphatic hydroxyl groups is 2. The highest BCUT2D eigenvalue weighted by atomic mass is 31.2. The maximum absolute atomic E-state index is 10.3. The van der Waals surface area contributed by atoms with Crippen LogP contribution in [0.25, 0.3) is 0 Å². The number of phosphoric acid groups is 2.